The summed E-state index contributed by atoms with van der Waals surface area (Å²) in [5.41, 5.74) is 20.1. The van der Waals surface area contributed by atoms with E-state index in [2.05, 4.69) is 243 Å². The van der Waals surface area contributed by atoms with E-state index in [1.54, 1.807) is 0 Å². The Balaban J connectivity index is 1.04. The minimum atomic E-state index is 1.19. The Labute approximate surface area is 373 Å². The summed E-state index contributed by atoms with van der Waals surface area (Å²) in [4.78, 5) is 0. The normalized spacial score (nSPS) is 11.8. The average molecular weight is 809 g/mol. The van der Waals surface area contributed by atoms with Crippen LogP contribution in [0.25, 0.3) is 132 Å². The molecular formula is C64H40. The van der Waals surface area contributed by atoms with Crippen LogP contribution >= 0.6 is 0 Å². The van der Waals surface area contributed by atoms with Gasteiger partial charge in [0.15, 0.2) is 0 Å². The predicted molar refractivity (Wildman–Crippen MR) is 274 cm³/mol. The van der Waals surface area contributed by atoms with Gasteiger partial charge in [-0.25, -0.2) is 0 Å². The van der Waals surface area contributed by atoms with Crippen molar-refractivity contribution in [3.8, 4) is 89.0 Å². The molecule has 0 amide bonds. The minimum absolute atomic E-state index is 1.19. The molecule has 0 aromatic heterocycles. The highest BCUT2D eigenvalue weighted by atomic mass is 14.3. The summed E-state index contributed by atoms with van der Waals surface area (Å²) < 4.78 is 0. The van der Waals surface area contributed by atoms with Crippen LogP contribution in [0.5, 0.6) is 0 Å². The maximum atomic E-state index is 2.45. The van der Waals surface area contributed by atoms with Crippen LogP contribution in [0, 0.1) is 0 Å². The van der Waals surface area contributed by atoms with Crippen molar-refractivity contribution < 1.29 is 0 Å². The van der Waals surface area contributed by atoms with Gasteiger partial charge in [-0.2, -0.15) is 0 Å². The van der Waals surface area contributed by atoms with Crippen molar-refractivity contribution >= 4 is 43.1 Å². The maximum absolute atomic E-state index is 2.45. The van der Waals surface area contributed by atoms with E-state index < -0.39 is 0 Å². The summed E-state index contributed by atoms with van der Waals surface area (Å²) in [5.74, 6) is 0. The van der Waals surface area contributed by atoms with Gasteiger partial charge in [0.1, 0.15) is 0 Å². The van der Waals surface area contributed by atoms with Crippen LogP contribution in [-0.2, 0) is 0 Å². The Kier molecular flexibility index (Phi) is 8.32. The summed E-state index contributed by atoms with van der Waals surface area (Å²) >= 11 is 0. The van der Waals surface area contributed by atoms with E-state index >= 15 is 0 Å². The third-order valence-corrected chi connectivity index (χ3v) is 13.6. The van der Waals surface area contributed by atoms with E-state index in [-0.39, 0.29) is 0 Å². The molecule has 12 aromatic rings. The molecule has 0 heteroatoms. The summed E-state index contributed by atoms with van der Waals surface area (Å²) in [7, 11) is 0. The van der Waals surface area contributed by atoms with Gasteiger partial charge in [-0.3, -0.25) is 0 Å². The number of fused-ring (bicyclic) bond motifs is 6. The van der Waals surface area contributed by atoms with E-state index in [0.29, 0.717) is 0 Å². The molecule has 0 heterocycles. The summed E-state index contributed by atoms with van der Waals surface area (Å²) in [5, 5.41) is 10.2. The second-order valence-corrected chi connectivity index (χ2v) is 17.0. The van der Waals surface area contributed by atoms with Gasteiger partial charge >= 0.3 is 0 Å². The second kappa shape index (κ2) is 14.7. The van der Waals surface area contributed by atoms with Crippen molar-refractivity contribution in [2.24, 2.45) is 0 Å². The maximum Gasteiger partial charge on any atom is -0.000741 e. The molecule has 64 heavy (non-hydrogen) atoms. The number of benzene rings is 12. The lowest BCUT2D eigenvalue weighted by Gasteiger charge is -2.21. The monoisotopic (exact) mass is 808 g/mol. The first-order valence-corrected chi connectivity index (χ1v) is 22.3. The molecule has 0 N–H and O–H groups in total. The van der Waals surface area contributed by atoms with Crippen LogP contribution in [0.1, 0.15) is 0 Å². The Hall–Kier alpha value is -8.32. The van der Waals surface area contributed by atoms with Crippen molar-refractivity contribution in [1.29, 1.82) is 0 Å². The molecule has 0 saturated carbocycles. The minimum Gasteiger partial charge on any atom is -0.0622 e. The van der Waals surface area contributed by atoms with Crippen molar-refractivity contribution in [1.82, 2.24) is 0 Å². The van der Waals surface area contributed by atoms with Crippen molar-refractivity contribution in [3.05, 3.63) is 243 Å². The van der Waals surface area contributed by atoms with Gasteiger partial charge in [-0.05, 0) is 138 Å². The predicted octanol–water partition coefficient (Wildman–Crippen LogP) is 17.9. The number of hydrogen-bond acceptors (Lipinski definition) is 0. The van der Waals surface area contributed by atoms with E-state index in [4.69, 9.17) is 0 Å². The first kappa shape index (κ1) is 36.3. The first-order chi connectivity index (χ1) is 31.8. The topological polar surface area (TPSA) is 0 Å². The van der Waals surface area contributed by atoms with Crippen LogP contribution < -0.4 is 0 Å². The molecular weight excluding hydrogens is 769 g/mol. The zero-order valence-corrected chi connectivity index (χ0v) is 35.1. The molecule has 1 aliphatic rings. The molecule has 0 unspecified atom stereocenters. The van der Waals surface area contributed by atoms with Gasteiger partial charge in [0.25, 0.3) is 0 Å². The quantitative estimate of drug-likeness (QED) is 0.147. The van der Waals surface area contributed by atoms with E-state index in [0.717, 1.165) is 0 Å². The molecule has 296 valence electrons. The number of hydrogen-bond donors (Lipinski definition) is 0. The fraction of sp³-hybridized carbons (Fsp3) is 0. The van der Waals surface area contributed by atoms with Crippen molar-refractivity contribution in [2.45, 2.75) is 0 Å². The van der Waals surface area contributed by atoms with Crippen LogP contribution in [0.2, 0.25) is 0 Å². The van der Waals surface area contributed by atoms with Crippen molar-refractivity contribution in [3.63, 3.8) is 0 Å². The Morgan fingerprint density at radius 1 is 0.172 bits per heavy atom. The van der Waals surface area contributed by atoms with Crippen LogP contribution in [-0.4, -0.2) is 0 Å². The smallest absolute Gasteiger partial charge is 0.000741 e. The fourth-order valence-electron chi connectivity index (χ4n) is 10.9. The SMILES string of the molecule is c1ccc(-c2c3c(c(-c4ccccc4)c4cc(-c5ccc(-c6cccc7c(-c8ccccc8)c8ccccc8c(-c8ccccc8)c67)cc5)ccc24)-c2cccc4cccc-3c24)cc1. The third-order valence-electron chi connectivity index (χ3n) is 13.6. The van der Waals surface area contributed by atoms with Crippen molar-refractivity contribution in [2.75, 3.05) is 0 Å². The molecule has 0 radical (unpaired) electrons. The molecule has 0 nitrogen and oxygen atoms in total. The van der Waals surface area contributed by atoms with E-state index in [9.17, 15) is 0 Å². The highest BCUT2D eigenvalue weighted by Gasteiger charge is 2.30. The van der Waals surface area contributed by atoms with Gasteiger partial charge in [0.05, 0.1) is 0 Å². The fourth-order valence-corrected chi connectivity index (χ4v) is 10.9. The van der Waals surface area contributed by atoms with Crippen LogP contribution in [0.15, 0.2) is 243 Å². The lowest BCUT2D eigenvalue weighted by atomic mass is 9.81. The Morgan fingerprint density at radius 2 is 0.578 bits per heavy atom. The van der Waals surface area contributed by atoms with Gasteiger partial charge in [0, 0.05) is 0 Å². The molecule has 0 atom stereocenters. The Morgan fingerprint density at radius 3 is 1.16 bits per heavy atom. The summed E-state index contributed by atoms with van der Waals surface area (Å²) in [6, 6.07) is 89.7. The molecule has 1 aliphatic carbocycles. The van der Waals surface area contributed by atoms with Gasteiger partial charge < -0.3 is 0 Å². The average Bonchev–Trinajstić information content (AvgIpc) is 3.70. The van der Waals surface area contributed by atoms with Crippen LogP contribution in [0.4, 0.5) is 0 Å². The molecule has 0 aliphatic heterocycles. The second-order valence-electron chi connectivity index (χ2n) is 17.0. The zero-order chi connectivity index (χ0) is 42.1. The molecule has 0 spiro atoms. The number of rotatable bonds is 6. The van der Waals surface area contributed by atoms with E-state index in [1.807, 2.05) is 0 Å². The van der Waals surface area contributed by atoms with Gasteiger partial charge in [-0.1, -0.05) is 237 Å². The molecule has 0 fully saturated rings. The standard InChI is InChI=1S/C64H40/c1-5-18-43(19-6-1)57-50-28-13-14-29-51(50)59(45-20-7-2-8-21-45)62-49(30-17-33-53(57)62)42-36-34-41(35-37-42)48-38-39-52-56(40-48)61(47-24-11-4-12-25-47)64-55-32-16-27-44-26-15-31-54(58(44)55)63(64)60(52)46-22-9-3-10-23-46/h1-40H. The molecule has 12 aromatic carbocycles. The van der Waals surface area contributed by atoms with Gasteiger partial charge in [-0.15, -0.1) is 0 Å². The highest BCUT2D eigenvalue weighted by Crippen LogP contribution is 2.58. The highest BCUT2D eigenvalue weighted by molar-refractivity contribution is 6.28. The third kappa shape index (κ3) is 5.56. The lowest BCUT2D eigenvalue weighted by Crippen LogP contribution is -1.94. The summed E-state index contributed by atoms with van der Waals surface area (Å²) in [6.45, 7) is 0. The zero-order valence-electron chi connectivity index (χ0n) is 35.1. The molecule has 13 rings (SSSR count). The van der Waals surface area contributed by atoms with Gasteiger partial charge in [0.2, 0.25) is 0 Å². The lowest BCUT2D eigenvalue weighted by molar-refractivity contribution is 1.60. The molecule has 0 saturated heterocycles. The summed E-state index contributed by atoms with van der Waals surface area (Å²) in [6.07, 6.45) is 0. The van der Waals surface area contributed by atoms with Crippen LogP contribution in [0.3, 0.4) is 0 Å². The van der Waals surface area contributed by atoms with E-state index in [1.165, 1.54) is 132 Å². The molecule has 0 bridgehead atoms. The largest absolute Gasteiger partial charge is 0.0622 e. The Bertz CT molecular complexity index is 3770. The first-order valence-electron chi connectivity index (χ1n) is 22.3.